The van der Waals surface area contributed by atoms with Crippen LogP contribution in [0.3, 0.4) is 0 Å². The Morgan fingerprint density at radius 3 is 2.50 bits per heavy atom. The number of rotatable bonds is 5. The van der Waals surface area contributed by atoms with Gasteiger partial charge in [0.2, 0.25) is 0 Å². The molecule has 0 aliphatic heterocycles. The van der Waals surface area contributed by atoms with Crippen molar-refractivity contribution < 1.29 is 0 Å². The summed E-state index contributed by atoms with van der Waals surface area (Å²) in [7, 11) is 0. The van der Waals surface area contributed by atoms with Crippen LogP contribution in [0.25, 0.3) is 0 Å². The van der Waals surface area contributed by atoms with Crippen molar-refractivity contribution in [2.75, 3.05) is 6.54 Å². The highest BCUT2D eigenvalue weighted by atomic mass is 32.1. The van der Waals surface area contributed by atoms with Gasteiger partial charge in [0.25, 0.3) is 0 Å². The largest absolute Gasteiger partial charge is 0.310 e. The average Bonchev–Trinajstić information content (AvgIpc) is 2.57. The van der Waals surface area contributed by atoms with Gasteiger partial charge in [-0.15, -0.1) is 11.3 Å². The van der Waals surface area contributed by atoms with E-state index in [4.69, 9.17) is 0 Å². The smallest absolute Gasteiger partial charge is 0.0417 e. The first-order chi connectivity index (χ1) is 7.44. The van der Waals surface area contributed by atoms with Crippen LogP contribution in [-0.2, 0) is 0 Å². The zero-order valence-electron chi connectivity index (χ0n) is 11.3. The quantitative estimate of drug-likeness (QED) is 0.796. The molecule has 0 fully saturated rings. The number of hydrogen-bond acceptors (Lipinski definition) is 2. The summed E-state index contributed by atoms with van der Waals surface area (Å²) in [4.78, 5) is 1.52. The van der Waals surface area contributed by atoms with E-state index in [0.29, 0.717) is 11.5 Å². The van der Waals surface area contributed by atoms with Gasteiger partial charge in [-0.1, -0.05) is 27.7 Å². The van der Waals surface area contributed by atoms with Crippen LogP contribution < -0.4 is 5.32 Å². The van der Waals surface area contributed by atoms with E-state index < -0.39 is 0 Å². The summed E-state index contributed by atoms with van der Waals surface area (Å²) in [6, 6.07) is 2.77. The van der Waals surface area contributed by atoms with E-state index in [1.165, 1.54) is 23.3 Å². The Morgan fingerprint density at radius 1 is 1.38 bits per heavy atom. The lowest BCUT2D eigenvalue weighted by Crippen LogP contribution is -2.22. The Kier molecular flexibility index (Phi) is 5.00. The summed E-state index contributed by atoms with van der Waals surface area (Å²) in [5.74, 6) is 0. The molecule has 16 heavy (non-hydrogen) atoms. The Hall–Kier alpha value is -0.340. The van der Waals surface area contributed by atoms with Gasteiger partial charge in [-0.3, -0.25) is 0 Å². The van der Waals surface area contributed by atoms with Crippen LogP contribution in [0.2, 0.25) is 0 Å². The van der Waals surface area contributed by atoms with Gasteiger partial charge >= 0.3 is 0 Å². The van der Waals surface area contributed by atoms with Gasteiger partial charge in [0.05, 0.1) is 0 Å². The zero-order chi connectivity index (χ0) is 12.2. The van der Waals surface area contributed by atoms with Crippen molar-refractivity contribution in [3.05, 3.63) is 21.9 Å². The molecule has 1 atom stereocenters. The van der Waals surface area contributed by atoms with Gasteiger partial charge in [-0.2, -0.15) is 0 Å². The van der Waals surface area contributed by atoms with E-state index in [1.54, 1.807) is 0 Å². The first kappa shape index (κ1) is 13.7. The molecule has 0 saturated heterocycles. The minimum atomic E-state index is 0.429. The first-order valence-electron chi connectivity index (χ1n) is 6.21. The van der Waals surface area contributed by atoms with Gasteiger partial charge in [0.15, 0.2) is 0 Å². The molecule has 0 radical (unpaired) electrons. The molecule has 0 spiro atoms. The molecular weight excluding hydrogens is 214 g/mol. The molecule has 0 saturated carbocycles. The average molecular weight is 239 g/mol. The molecule has 0 aromatic carbocycles. The van der Waals surface area contributed by atoms with Crippen molar-refractivity contribution in [3.63, 3.8) is 0 Å². The minimum Gasteiger partial charge on any atom is -0.310 e. The maximum atomic E-state index is 3.61. The second-order valence-electron chi connectivity index (χ2n) is 5.68. The van der Waals surface area contributed by atoms with Gasteiger partial charge < -0.3 is 5.32 Å². The highest BCUT2D eigenvalue weighted by molar-refractivity contribution is 7.10. The van der Waals surface area contributed by atoms with Crippen molar-refractivity contribution in [1.82, 2.24) is 5.32 Å². The molecule has 1 N–H and O–H groups in total. The summed E-state index contributed by atoms with van der Waals surface area (Å²) in [6.07, 6.45) is 2.50. The second kappa shape index (κ2) is 5.83. The molecule has 1 heterocycles. The Balaban J connectivity index is 2.65. The first-order valence-corrected chi connectivity index (χ1v) is 7.09. The zero-order valence-corrected chi connectivity index (χ0v) is 12.1. The monoisotopic (exact) mass is 239 g/mol. The Labute approximate surface area is 104 Å². The topological polar surface area (TPSA) is 12.0 Å². The summed E-state index contributed by atoms with van der Waals surface area (Å²) in [5.41, 5.74) is 1.86. The summed E-state index contributed by atoms with van der Waals surface area (Å²) >= 11 is 1.89. The lowest BCUT2D eigenvalue weighted by atomic mass is 9.88. The molecule has 1 aromatic heterocycles. The third-order valence-electron chi connectivity index (χ3n) is 2.85. The van der Waals surface area contributed by atoms with Gasteiger partial charge in [-0.25, -0.2) is 0 Å². The van der Waals surface area contributed by atoms with E-state index in [-0.39, 0.29) is 0 Å². The van der Waals surface area contributed by atoms with Crippen molar-refractivity contribution in [1.29, 1.82) is 0 Å². The lowest BCUT2D eigenvalue weighted by molar-refractivity contribution is 0.335. The fraction of sp³-hybridized carbons (Fsp3) is 0.714. The molecule has 92 valence electrons. The summed E-state index contributed by atoms with van der Waals surface area (Å²) in [6.45, 7) is 12.4. The Bertz CT molecular complexity index is 309. The molecule has 1 nitrogen and oxygen atoms in total. The van der Waals surface area contributed by atoms with E-state index in [0.717, 1.165) is 6.54 Å². The third-order valence-corrected chi connectivity index (χ3v) is 3.98. The van der Waals surface area contributed by atoms with E-state index >= 15 is 0 Å². The Morgan fingerprint density at radius 2 is 2.06 bits per heavy atom. The van der Waals surface area contributed by atoms with E-state index in [9.17, 15) is 0 Å². The van der Waals surface area contributed by atoms with Crippen molar-refractivity contribution in [3.8, 4) is 0 Å². The lowest BCUT2D eigenvalue weighted by Gasteiger charge is -2.23. The number of hydrogen-bond donors (Lipinski definition) is 1. The van der Waals surface area contributed by atoms with Crippen LogP contribution in [0.1, 0.15) is 57.0 Å². The number of thiophene rings is 1. The standard InChI is InChI=1S/C14H25NS/c1-6-15-12(7-9-14(3,4)5)13-11(2)8-10-16-13/h8,10,12,15H,6-7,9H2,1-5H3. The van der Waals surface area contributed by atoms with Crippen LogP contribution in [0, 0.1) is 12.3 Å². The molecule has 1 rings (SSSR count). The van der Waals surface area contributed by atoms with E-state index in [1.807, 2.05) is 11.3 Å². The predicted molar refractivity (Wildman–Crippen MR) is 74.2 cm³/mol. The number of aryl methyl sites for hydroxylation is 1. The molecule has 0 bridgehead atoms. The molecular formula is C14H25NS. The van der Waals surface area contributed by atoms with Crippen LogP contribution in [0.5, 0.6) is 0 Å². The predicted octanol–water partition coefficient (Wildman–Crippen LogP) is 4.53. The van der Waals surface area contributed by atoms with E-state index in [2.05, 4.69) is 51.4 Å². The fourth-order valence-corrected chi connectivity index (χ4v) is 2.93. The fourth-order valence-electron chi connectivity index (χ4n) is 1.89. The van der Waals surface area contributed by atoms with Crippen molar-refractivity contribution >= 4 is 11.3 Å². The maximum absolute atomic E-state index is 3.61. The highest BCUT2D eigenvalue weighted by Gasteiger charge is 2.18. The van der Waals surface area contributed by atoms with Gasteiger partial charge in [0, 0.05) is 10.9 Å². The second-order valence-corrected chi connectivity index (χ2v) is 6.63. The molecule has 1 aromatic rings. The number of nitrogens with one attached hydrogen (secondary N) is 1. The SMILES string of the molecule is CCNC(CCC(C)(C)C)c1sccc1C. The van der Waals surface area contributed by atoms with Crippen LogP contribution in [-0.4, -0.2) is 6.54 Å². The summed E-state index contributed by atoms with van der Waals surface area (Å²) < 4.78 is 0. The van der Waals surface area contributed by atoms with Crippen LogP contribution >= 0.6 is 11.3 Å². The normalized spacial score (nSPS) is 14.1. The van der Waals surface area contributed by atoms with Crippen LogP contribution in [0.15, 0.2) is 11.4 Å². The molecule has 1 unspecified atom stereocenters. The molecule has 0 amide bonds. The summed E-state index contributed by atoms with van der Waals surface area (Å²) in [5, 5.41) is 5.81. The minimum absolute atomic E-state index is 0.429. The molecule has 2 heteroatoms. The van der Waals surface area contributed by atoms with Gasteiger partial charge in [0.1, 0.15) is 0 Å². The highest BCUT2D eigenvalue weighted by Crippen LogP contribution is 2.31. The van der Waals surface area contributed by atoms with Gasteiger partial charge in [-0.05, 0) is 48.7 Å². The van der Waals surface area contributed by atoms with Crippen molar-refractivity contribution in [2.45, 2.75) is 53.5 Å². The maximum Gasteiger partial charge on any atom is 0.0417 e. The molecule has 0 aliphatic rings. The van der Waals surface area contributed by atoms with Crippen molar-refractivity contribution in [2.24, 2.45) is 5.41 Å². The third kappa shape index (κ3) is 4.26. The van der Waals surface area contributed by atoms with Crippen LogP contribution in [0.4, 0.5) is 0 Å². The molecule has 0 aliphatic carbocycles.